The predicted molar refractivity (Wildman–Crippen MR) is 157 cm³/mol. The number of carbonyl (C=O) groups is 2. The van der Waals surface area contributed by atoms with Crippen LogP contribution in [0.4, 0.5) is 4.39 Å². The number of hydrogen-bond donors (Lipinski definition) is 2. The number of aromatic nitrogens is 1. The molecule has 7 nitrogen and oxygen atoms in total. The Morgan fingerprint density at radius 3 is 2.27 bits per heavy atom. The zero-order valence-electron chi connectivity index (χ0n) is 25.5. The fourth-order valence-electron chi connectivity index (χ4n) is 6.75. The summed E-state index contributed by atoms with van der Waals surface area (Å²) in [4.78, 5) is 33.5. The molecule has 1 aromatic heterocycles. The molecular formula is C33H46FN3O4. The van der Waals surface area contributed by atoms with Gasteiger partial charge >= 0.3 is 5.97 Å². The number of halogens is 1. The van der Waals surface area contributed by atoms with Crippen LogP contribution in [-0.4, -0.2) is 46.1 Å². The van der Waals surface area contributed by atoms with Crippen LogP contribution < -0.4 is 10.1 Å². The van der Waals surface area contributed by atoms with Gasteiger partial charge in [-0.3, -0.25) is 4.79 Å². The van der Waals surface area contributed by atoms with Crippen LogP contribution in [0.5, 0.6) is 5.88 Å². The zero-order chi connectivity index (χ0) is 30.1. The van der Waals surface area contributed by atoms with Crippen molar-refractivity contribution in [3.8, 4) is 5.88 Å². The normalized spacial score (nSPS) is 24.0. The van der Waals surface area contributed by atoms with Crippen molar-refractivity contribution in [1.29, 1.82) is 0 Å². The van der Waals surface area contributed by atoms with E-state index in [0.29, 0.717) is 18.0 Å². The molecule has 0 radical (unpaired) electrons. The number of amides is 1. The van der Waals surface area contributed by atoms with Crippen LogP contribution in [0.15, 0.2) is 36.4 Å². The van der Waals surface area contributed by atoms with E-state index in [1.54, 1.807) is 25.3 Å². The smallest absolute Gasteiger partial charge is 0.326 e. The van der Waals surface area contributed by atoms with Gasteiger partial charge in [-0.1, -0.05) is 85.1 Å². The van der Waals surface area contributed by atoms with E-state index in [1.165, 1.54) is 11.0 Å². The lowest BCUT2D eigenvalue weighted by molar-refractivity contribution is -0.154. The van der Waals surface area contributed by atoms with Crippen molar-refractivity contribution in [3.63, 3.8) is 0 Å². The van der Waals surface area contributed by atoms with E-state index >= 15 is 4.39 Å². The Kier molecular flexibility index (Phi) is 9.12. The summed E-state index contributed by atoms with van der Waals surface area (Å²) in [6.07, 6.45) is 4.41. The number of nitrogens with zero attached hydrogens (tertiary/aromatic N) is 2. The molecular weight excluding hydrogens is 521 g/mol. The van der Waals surface area contributed by atoms with E-state index in [0.717, 1.165) is 43.4 Å². The SMILES string of the molecule is COc1nc(C(C)(C)C)ccc1CN[C@H]1[C@H](C(C)(C)C)[C@@H](C(=O)O)N(C(=O)C2CCCCC2)[C@H]1c1ccccc1F. The molecule has 2 heterocycles. The van der Waals surface area contributed by atoms with E-state index in [4.69, 9.17) is 9.72 Å². The minimum Gasteiger partial charge on any atom is -0.481 e. The number of nitrogens with one attached hydrogen (secondary N) is 1. The molecule has 41 heavy (non-hydrogen) atoms. The van der Waals surface area contributed by atoms with Crippen molar-refractivity contribution in [2.24, 2.45) is 17.3 Å². The Morgan fingerprint density at radius 2 is 1.71 bits per heavy atom. The number of rotatable bonds is 7. The highest BCUT2D eigenvalue weighted by Gasteiger charge is 2.58. The number of carboxylic acids is 1. The van der Waals surface area contributed by atoms with Crippen molar-refractivity contribution in [3.05, 3.63) is 59.0 Å². The second-order valence-corrected chi connectivity index (χ2v) is 13.7. The average molecular weight is 568 g/mol. The minimum atomic E-state index is -1.10. The Labute approximate surface area is 243 Å². The van der Waals surface area contributed by atoms with Gasteiger partial charge in [-0.25, -0.2) is 14.2 Å². The lowest BCUT2D eigenvalue weighted by atomic mass is 9.72. The number of hydrogen-bond acceptors (Lipinski definition) is 5. The Bertz CT molecular complexity index is 1250. The molecule has 224 valence electrons. The molecule has 1 aliphatic heterocycles. The highest BCUT2D eigenvalue weighted by molar-refractivity contribution is 5.87. The molecule has 0 spiro atoms. The number of benzene rings is 1. The first-order chi connectivity index (χ1) is 19.3. The Morgan fingerprint density at radius 1 is 1.05 bits per heavy atom. The monoisotopic (exact) mass is 567 g/mol. The third-order valence-corrected chi connectivity index (χ3v) is 8.78. The molecule has 4 atom stereocenters. The number of carbonyl (C=O) groups excluding carboxylic acids is 1. The number of aliphatic carboxylic acids is 1. The predicted octanol–water partition coefficient (Wildman–Crippen LogP) is 6.26. The maximum Gasteiger partial charge on any atom is 0.326 e. The van der Waals surface area contributed by atoms with E-state index < -0.39 is 41.2 Å². The molecule has 1 saturated heterocycles. The summed E-state index contributed by atoms with van der Waals surface area (Å²) in [5.74, 6) is -1.95. The first-order valence-corrected chi connectivity index (χ1v) is 14.8. The summed E-state index contributed by atoms with van der Waals surface area (Å²) < 4.78 is 21.2. The summed E-state index contributed by atoms with van der Waals surface area (Å²) in [6.45, 7) is 12.6. The zero-order valence-corrected chi connectivity index (χ0v) is 25.5. The molecule has 2 aliphatic rings. The van der Waals surface area contributed by atoms with Crippen LogP contribution in [0.2, 0.25) is 0 Å². The Balaban J connectivity index is 1.81. The molecule has 1 amide bonds. The number of carboxylic acid groups (broad SMARTS) is 1. The second-order valence-electron chi connectivity index (χ2n) is 13.7. The van der Waals surface area contributed by atoms with Gasteiger partial charge in [-0.2, -0.15) is 0 Å². The topological polar surface area (TPSA) is 91.8 Å². The van der Waals surface area contributed by atoms with E-state index in [2.05, 4.69) is 26.1 Å². The van der Waals surface area contributed by atoms with Crippen LogP contribution in [-0.2, 0) is 21.5 Å². The molecule has 0 bridgehead atoms. The lowest BCUT2D eigenvalue weighted by Crippen LogP contribution is -2.49. The average Bonchev–Trinajstić information content (AvgIpc) is 3.27. The van der Waals surface area contributed by atoms with Gasteiger partial charge in [0.15, 0.2) is 0 Å². The maximum atomic E-state index is 15.5. The van der Waals surface area contributed by atoms with Crippen molar-refractivity contribution in [2.45, 2.75) is 104 Å². The molecule has 8 heteroatoms. The maximum absolute atomic E-state index is 15.5. The van der Waals surface area contributed by atoms with Crippen LogP contribution in [0.1, 0.15) is 96.5 Å². The van der Waals surface area contributed by atoms with Crippen molar-refractivity contribution in [1.82, 2.24) is 15.2 Å². The van der Waals surface area contributed by atoms with Crippen molar-refractivity contribution in [2.75, 3.05) is 7.11 Å². The van der Waals surface area contributed by atoms with Gasteiger partial charge in [-0.15, -0.1) is 0 Å². The summed E-state index contributed by atoms with van der Waals surface area (Å²) in [5.41, 5.74) is 1.37. The third-order valence-electron chi connectivity index (χ3n) is 8.78. The number of ether oxygens (including phenoxy) is 1. The van der Waals surface area contributed by atoms with Gasteiger partial charge in [0, 0.05) is 46.7 Å². The molecule has 1 saturated carbocycles. The van der Waals surface area contributed by atoms with Crippen molar-refractivity contribution >= 4 is 11.9 Å². The highest BCUT2D eigenvalue weighted by Crippen LogP contribution is 2.49. The molecule has 2 fully saturated rings. The summed E-state index contributed by atoms with van der Waals surface area (Å²) in [6, 6.07) is 7.95. The molecule has 4 rings (SSSR count). The second kappa shape index (κ2) is 12.1. The third kappa shape index (κ3) is 6.42. The quantitative estimate of drug-likeness (QED) is 0.410. The first kappa shape index (κ1) is 30.9. The van der Waals surface area contributed by atoms with Crippen LogP contribution in [0.3, 0.4) is 0 Å². The van der Waals surface area contributed by atoms with Crippen LogP contribution in [0.25, 0.3) is 0 Å². The number of methoxy groups -OCH3 is 1. The molecule has 0 unspecified atom stereocenters. The summed E-state index contributed by atoms with van der Waals surface area (Å²) in [5, 5.41) is 14.2. The van der Waals surface area contributed by atoms with E-state index in [-0.39, 0.29) is 17.2 Å². The van der Waals surface area contributed by atoms with Gasteiger partial charge in [0.2, 0.25) is 11.8 Å². The van der Waals surface area contributed by atoms with Gasteiger partial charge in [0.25, 0.3) is 0 Å². The summed E-state index contributed by atoms with van der Waals surface area (Å²) in [7, 11) is 1.58. The first-order valence-electron chi connectivity index (χ1n) is 14.8. The van der Waals surface area contributed by atoms with E-state index in [9.17, 15) is 14.7 Å². The van der Waals surface area contributed by atoms with E-state index in [1.807, 2.05) is 32.9 Å². The number of pyridine rings is 1. The van der Waals surface area contributed by atoms with Gasteiger partial charge in [0.1, 0.15) is 11.9 Å². The molecule has 2 aromatic rings. The molecule has 2 N–H and O–H groups in total. The largest absolute Gasteiger partial charge is 0.481 e. The molecule has 1 aliphatic carbocycles. The molecule has 1 aromatic carbocycles. The van der Waals surface area contributed by atoms with Crippen LogP contribution >= 0.6 is 0 Å². The van der Waals surface area contributed by atoms with Crippen molar-refractivity contribution < 1.29 is 23.8 Å². The fraction of sp³-hybridized carbons (Fsp3) is 0.606. The van der Waals surface area contributed by atoms with Crippen LogP contribution in [0, 0.1) is 23.1 Å². The van der Waals surface area contributed by atoms with Gasteiger partial charge < -0.3 is 20.1 Å². The standard InChI is InChI=1S/C33H46FN3O4/c1-32(2,3)24-18-17-21(29(36-24)41-7)19-35-26-25(33(4,5)6)28(31(39)40)37(30(38)20-13-9-8-10-14-20)27(26)22-15-11-12-16-23(22)34/h11-12,15-18,20,25-28,35H,8-10,13-14,19H2,1-7H3,(H,39,40)/t25-,26-,27-,28-/m0/s1. The highest BCUT2D eigenvalue weighted by atomic mass is 19.1. The summed E-state index contributed by atoms with van der Waals surface area (Å²) >= 11 is 0. The minimum absolute atomic E-state index is 0.160. The van der Waals surface area contributed by atoms with Gasteiger partial charge in [-0.05, 0) is 30.4 Å². The Hall–Kier alpha value is -3.00. The lowest BCUT2D eigenvalue weighted by Gasteiger charge is -2.36. The fourth-order valence-corrected chi connectivity index (χ4v) is 6.75. The van der Waals surface area contributed by atoms with Gasteiger partial charge in [0.05, 0.1) is 13.2 Å². The number of likely N-dealkylation sites (tertiary alicyclic amines) is 1.